The van der Waals surface area contributed by atoms with Gasteiger partial charge in [0.1, 0.15) is 0 Å². The van der Waals surface area contributed by atoms with Gasteiger partial charge < -0.3 is 0 Å². The minimum absolute atomic E-state index is 0.529. The van der Waals surface area contributed by atoms with E-state index >= 15 is 0 Å². The van der Waals surface area contributed by atoms with Gasteiger partial charge in [-0.25, -0.2) is 0 Å². The maximum Gasteiger partial charge on any atom is 0.0280 e. The molecule has 0 spiro atoms. The second-order valence-corrected chi connectivity index (χ2v) is 5.58. The minimum atomic E-state index is 0.529. The Kier molecular flexibility index (Phi) is 1.60. The maximum atomic E-state index is 5.96. The highest BCUT2D eigenvalue weighted by Crippen LogP contribution is 2.73. The van der Waals surface area contributed by atoms with Crippen molar-refractivity contribution in [1.82, 2.24) is 0 Å². The molecule has 0 heterocycles. The molecule has 14 heavy (non-hydrogen) atoms. The molecule has 3 aliphatic rings. The predicted octanol–water partition coefficient (Wildman–Crippen LogP) is 3.66. The van der Waals surface area contributed by atoms with Gasteiger partial charge in [0.15, 0.2) is 0 Å². The largest absolute Gasteiger partial charge is 0.126 e. The van der Waals surface area contributed by atoms with Crippen LogP contribution < -0.4 is 0 Å². The van der Waals surface area contributed by atoms with Gasteiger partial charge in [-0.05, 0) is 42.6 Å². The summed E-state index contributed by atoms with van der Waals surface area (Å²) < 4.78 is 0. The summed E-state index contributed by atoms with van der Waals surface area (Å²) in [5.74, 6) is 0.862. The number of rotatable bonds is 2. The van der Waals surface area contributed by atoms with Crippen molar-refractivity contribution in [1.29, 1.82) is 0 Å². The topological polar surface area (TPSA) is 0 Å². The first kappa shape index (κ1) is 8.79. The summed E-state index contributed by atoms with van der Waals surface area (Å²) in [4.78, 5) is 0. The predicted molar refractivity (Wildman–Crippen MR) is 59.9 cm³/mol. The summed E-state index contributed by atoms with van der Waals surface area (Å²) in [6, 6.07) is 8.98. The maximum absolute atomic E-state index is 5.96. The van der Waals surface area contributed by atoms with Crippen LogP contribution in [0.2, 0.25) is 0 Å². The Bertz CT molecular complexity index is 361. The van der Waals surface area contributed by atoms with Gasteiger partial charge in [-0.1, -0.05) is 29.8 Å². The lowest BCUT2D eigenvalue weighted by Crippen LogP contribution is -2.65. The zero-order valence-electron chi connectivity index (χ0n) is 8.52. The van der Waals surface area contributed by atoms with Crippen molar-refractivity contribution in [3.63, 3.8) is 0 Å². The molecule has 1 aromatic carbocycles. The summed E-state index contributed by atoms with van der Waals surface area (Å²) in [5.41, 5.74) is 3.99. The van der Waals surface area contributed by atoms with Crippen molar-refractivity contribution in [3.8, 4) is 0 Å². The molecule has 0 nitrogen and oxygen atoms in total. The Balaban J connectivity index is 1.87. The average molecular weight is 207 g/mol. The molecule has 2 bridgehead atoms. The molecule has 0 atom stereocenters. The minimum Gasteiger partial charge on any atom is -0.126 e. The van der Waals surface area contributed by atoms with E-state index in [0.29, 0.717) is 10.8 Å². The zero-order valence-corrected chi connectivity index (χ0v) is 9.27. The smallest absolute Gasteiger partial charge is 0.0280 e. The van der Waals surface area contributed by atoms with E-state index in [2.05, 4.69) is 31.2 Å². The summed E-state index contributed by atoms with van der Waals surface area (Å²) in [6.07, 6.45) is 3.98. The summed E-state index contributed by atoms with van der Waals surface area (Å²) in [5, 5.41) is 0. The molecule has 0 radical (unpaired) electrons. The summed E-state index contributed by atoms with van der Waals surface area (Å²) in [7, 11) is 0. The third-order valence-electron chi connectivity index (χ3n) is 4.05. The molecule has 0 aliphatic heterocycles. The normalized spacial score (nSPS) is 38.7. The first-order valence-corrected chi connectivity index (χ1v) is 5.85. The quantitative estimate of drug-likeness (QED) is 0.648. The lowest BCUT2D eigenvalue weighted by Gasteiger charge is -2.71. The molecule has 0 amide bonds. The van der Waals surface area contributed by atoms with Crippen molar-refractivity contribution in [3.05, 3.63) is 35.4 Å². The number of hydrogen-bond acceptors (Lipinski definition) is 0. The molecule has 0 unspecified atom stereocenters. The van der Waals surface area contributed by atoms with Gasteiger partial charge in [-0.3, -0.25) is 0 Å². The molecule has 3 fully saturated rings. The van der Waals surface area contributed by atoms with Gasteiger partial charge >= 0.3 is 0 Å². The lowest BCUT2D eigenvalue weighted by atomic mass is 9.34. The van der Waals surface area contributed by atoms with E-state index in [9.17, 15) is 0 Å². The zero-order chi connectivity index (χ0) is 9.81. The van der Waals surface area contributed by atoms with E-state index in [1.54, 1.807) is 5.56 Å². The van der Waals surface area contributed by atoms with Gasteiger partial charge in [0.25, 0.3) is 0 Å². The van der Waals surface area contributed by atoms with Crippen molar-refractivity contribution < 1.29 is 0 Å². The van der Waals surface area contributed by atoms with Crippen molar-refractivity contribution in [2.75, 3.05) is 5.88 Å². The van der Waals surface area contributed by atoms with E-state index in [4.69, 9.17) is 11.6 Å². The first-order chi connectivity index (χ1) is 6.68. The third-order valence-corrected chi connectivity index (χ3v) is 4.62. The van der Waals surface area contributed by atoms with E-state index in [0.717, 1.165) is 5.88 Å². The summed E-state index contributed by atoms with van der Waals surface area (Å²) >= 11 is 5.96. The number of aryl methyl sites for hydroxylation is 1. The number of halogens is 1. The number of benzene rings is 1. The van der Waals surface area contributed by atoms with Crippen LogP contribution >= 0.6 is 11.6 Å². The number of alkyl halides is 1. The summed E-state index contributed by atoms with van der Waals surface area (Å²) in [6.45, 7) is 2.17. The first-order valence-electron chi connectivity index (χ1n) is 5.31. The fourth-order valence-corrected chi connectivity index (χ4v) is 3.70. The second-order valence-electron chi connectivity index (χ2n) is 5.31. The molecule has 1 heteroatoms. The van der Waals surface area contributed by atoms with Crippen LogP contribution in [0.3, 0.4) is 0 Å². The van der Waals surface area contributed by atoms with Crippen LogP contribution in [0.15, 0.2) is 24.3 Å². The Morgan fingerprint density at radius 1 is 1.29 bits per heavy atom. The van der Waals surface area contributed by atoms with Crippen molar-refractivity contribution >= 4 is 11.6 Å². The van der Waals surface area contributed by atoms with Crippen LogP contribution in [0.4, 0.5) is 0 Å². The highest BCUT2D eigenvalue weighted by Gasteiger charge is 2.67. The van der Waals surface area contributed by atoms with E-state index < -0.39 is 0 Å². The second kappa shape index (κ2) is 2.55. The van der Waals surface area contributed by atoms with Crippen LogP contribution in [0.5, 0.6) is 0 Å². The van der Waals surface area contributed by atoms with E-state index in [1.807, 2.05) is 0 Å². The third kappa shape index (κ3) is 0.954. The molecule has 74 valence electrons. The Morgan fingerprint density at radius 3 is 2.57 bits per heavy atom. The van der Waals surface area contributed by atoms with Gasteiger partial charge in [-0.2, -0.15) is 0 Å². The molecule has 0 saturated heterocycles. The molecule has 3 aliphatic carbocycles. The molecule has 0 N–H and O–H groups in total. The Hall–Kier alpha value is -0.490. The molecule has 0 aromatic heterocycles. The van der Waals surface area contributed by atoms with Crippen molar-refractivity contribution in [2.24, 2.45) is 5.41 Å². The van der Waals surface area contributed by atoms with E-state index in [-0.39, 0.29) is 0 Å². The highest BCUT2D eigenvalue weighted by molar-refractivity contribution is 6.18. The van der Waals surface area contributed by atoms with Crippen LogP contribution in [0.25, 0.3) is 0 Å². The van der Waals surface area contributed by atoms with Crippen LogP contribution in [0.1, 0.15) is 30.4 Å². The fraction of sp³-hybridized carbons (Fsp3) is 0.538. The van der Waals surface area contributed by atoms with Gasteiger partial charge in [0.2, 0.25) is 0 Å². The molecular weight excluding hydrogens is 192 g/mol. The highest BCUT2D eigenvalue weighted by atomic mass is 35.5. The van der Waals surface area contributed by atoms with Crippen LogP contribution in [0, 0.1) is 12.3 Å². The van der Waals surface area contributed by atoms with Gasteiger partial charge in [0, 0.05) is 5.88 Å². The standard InChI is InChI=1S/C13H15Cl/c1-10-3-2-4-11(5-10)13-6-12(7-13,8-13)9-14/h2-5H,6-9H2,1H3. The SMILES string of the molecule is Cc1cccc(C23CC(CCl)(C2)C3)c1. The van der Waals surface area contributed by atoms with E-state index in [1.165, 1.54) is 24.8 Å². The van der Waals surface area contributed by atoms with Gasteiger partial charge in [-0.15, -0.1) is 11.6 Å². The Morgan fingerprint density at radius 2 is 2.00 bits per heavy atom. The number of hydrogen-bond donors (Lipinski definition) is 0. The lowest BCUT2D eigenvalue weighted by molar-refractivity contribution is -0.122. The van der Waals surface area contributed by atoms with Crippen molar-refractivity contribution in [2.45, 2.75) is 31.6 Å². The Labute approximate surface area is 90.3 Å². The fourth-order valence-electron chi connectivity index (χ4n) is 3.42. The average Bonchev–Trinajstić information content (AvgIpc) is 2.00. The molecule has 1 aromatic rings. The van der Waals surface area contributed by atoms with Gasteiger partial charge in [0.05, 0.1) is 0 Å². The molecule has 4 rings (SSSR count). The van der Waals surface area contributed by atoms with Crippen LogP contribution in [-0.4, -0.2) is 5.88 Å². The molecular formula is C13H15Cl. The monoisotopic (exact) mass is 206 g/mol. The molecule has 3 saturated carbocycles. The van der Waals surface area contributed by atoms with Crippen LogP contribution in [-0.2, 0) is 5.41 Å².